The van der Waals surface area contributed by atoms with Gasteiger partial charge in [-0.2, -0.15) is 0 Å². The molecule has 0 radical (unpaired) electrons. The van der Waals surface area contributed by atoms with Crippen molar-refractivity contribution in [3.63, 3.8) is 0 Å². The largest absolute Gasteiger partial charge is 0.497 e. The van der Waals surface area contributed by atoms with Gasteiger partial charge in [0.15, 0.2) is 0 Å². The third kappa shape index (κ3) is 2.34. The molecule has 0 heterocycles. The zero-order chi connectivity index (χ0) is 13.2. The second-order valence-electron chi connectivity index (χ2n) is 5.18. The number of amides is 1. The second-order valence-corrected chi connectivity index (χ2v) is 5.18. The fourth-order valence-corrected chi connectivity index (χ4v) is 2.66. The van der Waals surface area contributed by atoms with Crippen molar-refractivity contribution < 1.29 is 9.53 Å². The number of anilines is 1. The lowest BCUT2D eigenvalue weighted by atomic mass is 9.62. The van der Waals surface area contributed by atoms with Crippen LogP contribution < -0.4 is 15.8 Å². The molecule has 4 heteroatoms. The number of ether oxygens (including phenoxy) is 1. The van der Waals surface area contributed by atoms with Crippen LogP contribution in [0.4, 0.5) is 5.69 Å². The Labute approximate surface area is 108 Å². The first-order valence-electron chi connectivity index (χ1n) is 6.25. The monoisotopic (exact) mass is 248 g/mol. The topological polar surface area (TPSA) is 64.3 Å². The molecule has 0 aromatic heterocycles. The number of methoxy groups -OCH3 is 1. The first-order chi connectivity index (χ1) is 8.59. The van der Waals surface area contributed by atoms with E-state index in [1.54, 1.807) is 7.11 Å². The molecule has 0 unspecified atom stereocenters. The lowest BCUT2D eigenvalue weighted by Crippen LogP contribution is -2.51. The van der Waals surface area contributed by atoms with Gasteiger partial charge in [0.2, 0.25) is 5.91 Å². The Morgan fingerprint density at radius 1 is 1.44 bits per heavy atom. The Kier molecular flexibility index (Phi) is 3.57. The Hall–Kier alpha value is -1.55. The van der Waals surface area contributed by atoms with Gasteiger partial charge in [0.05, 0.1) is 12.5 Å². The number of rotatable bonds is 4. The van der Waals surface area contributed by atoms with Crippen molar-refractivity contribution in [2.24, 2.45) is 17.1 Å². The van der Waals surface area contributed by atoms with E-state index in [9.17, 15) is 4.79 Å². The van der Waals surface area contributed by atoms with E-state index in [4.69, 9.17) is 10.5 Å². The Bertz CT molecular complexity index is 422. The number of hydrogen-bond donors (Lipinski definition) is 2. The summed E-state index contributed by atoms with van der Waals surface area (Å²) in [5.74, 6) is 1.40. The summed E-state index contributed by atoms with van der Waals surface area (Å²) in [6.07, 6.45) is 1.76. The SMILES string of the molecule is COc1ccc(NC(=O)C2(CN)CC(C)C2)cc1. The van der Waals surface area contributed by atoms with Crippen molar-refractivity contribution in [2.45, 2.75) is 19.8 Å². The zero-order valence-electron chi connectivity index (χ0n) is 10.9. The highest BCUT2D eigenvalue weighted by atomic mass is 16.5. The number of carbonyl (C=O) groups is 1. The Balaban J connectivity index is 2.02. The Morgan fingerprint density at radius 3 is 2.50 bits per heavy atom. The highest BCUT2D eigenvalue weighted by Gasteiger charge is 2.47. The van der Waals surface area contributed by atoms with Gasteiger partial charge in [0, 0.05) is 12.2 Å². The molecule has 1 aliphatic rings. The molecule has 1 aliphatic carbocycles. The van der Waals surface area contributed by atoms with E-state index in [0.29, 0.717) is 12.5 Å². The van der Waals surface area contributed by atoms with Gasteiger partial charge in [-0.1, -0.05) is 6.92 Å². The van der Waals surface area contributed by atoms with Gasteiger partial charge in [-0.25, -0.2) is 0 Å². The molecule has 3 N–H and O–H groups in total. The molecule has 18 heavy (non-hydrogen) atoms. The number of nitrogens with one attached hydrogen (secondary N) is 1. The van der Waals surface area contributed by atoms with Crippen LogP contribution in [0.3, 0.4) is 0 Å². The Morgan fingerprint density at radius 2 is 2.06 bits per heavy atom. The van der Waals surface area contributed by atoms with Gasteiger partial charge >= 0.3 is 0 Å². The van der Waals surface area contributed by atoms with Gasteiger partial charge in [0.1, 0.15) is 5.75 Å². The molecule has 1 fully saturated rings. The maximum absolute atomic E-state index is 12.2. The molecule has 0 aliphatic heterocycles. The predicted octanol–water partition coefficient (Wildman–Crippen LogP) is 2.01. The van der Waals surface area contributed by atoms with E-state index in [2.05, 4.69) is 12.2 Å². The quantitative estimate of drug-likeness (QED) is 0.856. The summed E-state index contributed by atoms with van der Waals surface area (Å²) in [6, 6.07) is 7.33. The van der Waals surface area contributed by atoms with Gasteiger partial charge in [-0.15, -0.1) is 0 Å². The molecule has 1 amide bonds. The fourth-order valence-electron chi connectivity index (χ4n) is 2.66. The average molecular weight is 248 g/mol. The van der Waals surface area contributed by atoms with E-state index in [1.807, 2.05) is 24.3 Å². The number of carbonyl (C=O) groups excluding carboxylic acids is 1. The standard InChI is InChI=1S/C14H20N2O2/c1-10-7-14(8-10,9-15)13(17)16-11-3-5-12(18-2)6-4-11/h3-6,10H,7-9,15H2,1-2H3,(H,16,17). The minimum atomic E-state index is -0.362. The van der Waals surface area contributed by atoms with E-state index >= 15 is 0 Å². The normalized spacial score (nSPS) is 26.3. The van der Waals surface area contributed by atoms with Crippen molar-refractivity contribution in [1.82, 2.24) is 0 Å². The van der Waals surface area contributed by atoms with Crippen LogP contribution in [0, 0.1) is 11.3 Å². The minimum absolute atomic E-state index is 0.0354. The maximum atomic E-state index is 12.2. The van der Waals surface area contributed by atoms with Crippen LogP contribution in [0.25, 0.3) is 0 Å². The lowest BCUT2D eigenvalue weighted by molar-refractivity contribution is -0.132. The molecule has 0 saturated heterocycles. The molecule has 2 rings (SSSR count). The maximum Gasteiger partial charge on any atom is 0.231 e. The van der Waals surface area contributed by atoms with E-state index < -0.39 is 0 Å². The first-order valence-corrected chi connectivity index (χ1v) is 6.25. The molecule has 0 atom stereocenters. The summed E-state index contributed by atoms with van der Waals surface area (Å²) in [6.45, 7) is 2.56. The van der Waals surface area contributed by atoms with Crippen LogP contribution >= 0.6 is 0 Å². The van der Waals surface area contributed by atoms with Gasteiger partial charge in [-0.05, 0) is 43.0 Å². The van der Waals surface area contributed by atoms with Gasteiger partial charge < -0.3 is 15.8 Å². The molecule has 98 valence electrons. The molecule has 1 aromatic carbocycles. The van der Waals surface area contributed by atoms with Crippen LogP contribution in [0.15, 0.2) is 24.3 Å². The zero-order valence-corrected chi connectivity index (χ0v) is 10.9. The molecule has 1 saturated carbocycles. The van der Waals surface area contributed by atoms with Crippen molar-refractivity contribution in [3.05, 3.63) is 24.3 Å². The molecule has 1 aromatic rings. The molecule has 0 bridgehead atoms. The highest BCUT2D eigenvalue weighted by molar-refractivity contribution is 5.96. The summed E-state index contributed by atoms with van der Waals surface area (Å²) in [4.78, 5) is 12.2. The van der Waals surface area contributed by atoms with E-state index in [1.165, 1.54) is 0 Å². The van der Waals surface area contributed by atoms with Crippen LogP contribution in [0.2, 0.25) is 0 Å². The third-order valence-electron chi connectivity index (χ3n) is 3.70. The van der Waals surface area contributed by atoms with Crippen molar-refractivity contribution in [1.29, 1.82) is 0 Å². The molecule has 0 spiro atoms. The van der Waals surface area contributed by atoms with Gasteiger partial charge in [0.25, 0.3) is 0 Å². The van der Waals surface area contributed by atoms with E-state index in [0.717, 1.165) is 24.3 Å². The number of hydrogen-bond acceptors (Lipinski definition) is 3. The summed E-state index contributed by atoms with van der Waals surface area (Å²) < 4.78 is 5.08. The van der Waals surface area contributed by atoms with Crippen LogP contribution in [0.1, 0.15) is 19.8 Å². The molecular formula is C14H20N2O2. The number of benzene rings is 1. The number of nitrogens with two attached hydrogens (primary N) is 1. The molecule has 4 nitrogen and oxygen atoms in total. The lowest BCUT2D eigenvalue weighted by Gasteiger charge is -2.44. The smallest absolute Gasteiger partial charge is 0.231 e. The average Bonchev–Trinajstić information content (AvgIpc) is 2.35. The summed E-state index contributed by atoms with van der Waals surface area (Å²) in [5.41, 5.74) is 6.17. The van der Waals surface area contributed by atoms with Crippen LogP contribution in [-0.4, -0.2) is 19.6 Å². The highest BCUT2D eigenvalue weighted by Crippen LogP contribution is 2.45. The predicted molar refractivity (Wildman–Crippen MR) is 71.5 cm³/mol. The van der Waals surface area contributed by atoms with Crippen molar-refractivity contribution >= 4 is 11.6 Å². The fraction of sp³-hybridized carbons (Fsp3) is 0.500. The van der Waals surface area contributed by atoms with E-state index in [-0.39, 0.29) is 11.3 Å². The summed E-state index contributed by atoms with van der Waals surface area (Å²) >= 11 is 0. The van der Waals surface area contributed by atoms with Gasteiger partial charge in [-0.3, -0.25) is 4.79 Å². The van der Waals surface area contributed by atoms with Crippen LogP contribution in [0.5, 0.6) is 5.75 Å². The first kappa shape index (κ1) is 12.9. The third-order valence-corrected chi connectivity index (χ3v) is 3.70. The minimum Gasteiger partial charge on any atom is -0.497 e. The second kappa shape index (κ2) is 4.98. The van der Waals surface area contributed by atoms with Crippen LogP contribution in [-0.2, 0) is 4.79 Å². The van der Waals surface area contributed by atoms with Crippen molar-refractivity contribution in [2.75, 3.05) is 19.0 Å². The van der Waals surface area contributed by atoms with Crippen molar-refractivity contribution in [3.8, 4) is 5.75 Å². The summed E-state index contributed by atoms with van der Waals surface area (Å²) in [7, 11) is 1.62. The summed E-state index contributed by atoms with van der Waals surface area (Å²) in [5, 5.41) is 2.93. The molecular weight excluding hydrogens is 228 g/mol.